The minimum Gasteiger partial charge on any atom is -0.497 e. The van der Waals surface area contributed by atoms with Gasteiger partial charge in [0.1, 0.15) is 17.3 Å². The molecule has 1 saturated heterocycles. The molecule has 4 N–H and O–H groups in total. The van der Waals surface area contributed by atoms with Gasteiger partial charge >= 0.3 is 6.03 Å². The lowest BCUT2D eigenvalue weighted by Gasteiger charge is -2.30. The number of aryl methyl sites for hydroxylation is 1. The zero-order valence-electron chi connectivity index (χ0n) is 19.1. The van der Waals surface area contributed by atoms with E-state index >= 15 is 0 Å². The second kappa shape index (κ2) is 10.6. The molecule has 176 valence electrons. The van der Waals surface area contributed by atoms with Crippen LogP contribution in [0.15, 0.2) is 54.9 Å². The third-order valence-corrected chi connectivity index (χ3v) is 5.42. The predicted molar refractivity (Wildman–Crippen MR) is 132 cm³/mol. The van der Waals surface area contributed by atoms with E-state index in [1.807, 2.05) is 25.1 Å². The van der Waals surface area contributed by atoms with E-state index in [1.165, 1.54) is 0 Å². The molecule has 34 heavy (non-hydrogen) atoms. The largest absolute Gasteiger partial charge is 0.497 e. The molecule has 0 aliphatic carbocycles. The average Bonchev–Trinajstić information content (AvgIpc) is 2.86. The van der Waals surface area contributed by atoms with Gasteiger partial charge in [0.2, 0.25) is 0 Å². The molecule has 3 aromatic rings. The Labute approximate surface area is 197 Å². The van der Waals surface area contributed by atoms with Crippen LogP contribution < -0.4 is 30.9 Å². The zero-order chi connectivity index (χ0) is 23.9. The number of methoxy groups -OCH3 is 1. The lowest BCUT2D eigenvalue weighted by molar-refractivity contribution is 0.102. The first-order valence-electron chi connectivity index (χ1n) is 10.9. The van der Waals surface area contributed by atoms with Gasteiger partial charge in [0.25, 0.3) is 5.91 Å². The number of piperazine rings is 1. The number of ether oxygens (including phenoxy) is 1. The van der Waals surface area contributed by atoms with Crippen LogP contribution in [0.3, 0.4) is 0 Å². The fraction of sp³-hybridized carbons (Fsp3) is 0.250. The summed E-state index contributed by atoms with van der Waals surface area (Å²) in [5.41, 5.74) is 3.19. The van der Waals surface area contributed by atoms with E-state index in [1.54, 1.807) is 43.8 Å². The van der Waals surface area contributed by atoms with Gasteiger partial charge in [-0.15, -0.1) is 0 Å². The number of hydrogen-bond donors (Lipinski definition) is 4. The van der Waals surface area contributed by atoms with Gasteiger partial charge in [-0.2, -0.15) is 0 Å². The molecule has 3 heterocycles. The van der Waals surface area contributed by atoms with Crippen molar-refractivity contribution in [1.82, 2.24) is 15.3 Å². The van der Waals surface area contributed by atoms with Gasteiger partial charge in [0, 0.05) is 44.1 Å². The van der Waals surface area contributed by atoms with Gasteiger partial charge in [-0.05, 0) is 36.8 Å². The molecule has 0 unspecified atom stereocenters. The Morgan fingerprint density at radius 2 is 1.85 bits per heavy atom. The normalized spacial score (nSPS) is 13.2. The Morgan fingerprint density at radius 3 is 2.65 bits per heavy atom. The third kappa shape index (κ3) is 5.59. The van der Waals surface area contributed by atoms with Crippen LogP contribution in [0.4, 0.5) is 27.7 Å². The summed E-state index contributed by atoms with van der Waals surface area (Å²) < 4.78 is 5.21. The van der Waals surface area contributed by atoms with Crippen LogP contribution in [0.1, 0.15) is 16.1 Å². The van der Waals surface area contributed by atoms with Crippen molar-refractivity contribution in [1.29, 1.82) is 0 Å². The van der Waals surface area contributed by atoms with Crippen LogP contribution in [-0.4, -0.2) is 55.2 Å². The molecular weight excluding hydrogens is 434 g/mol. The average molecular weight is 462 g/mol. The van der Waals surface area contributed by atoms with Crippen molar-refractivity contribution < 1.29 is 14.3 Å². The van der Waals surface area contributed by atoms with E-state index in [0.29, 0.717) is 17.1 Å². The Morgan fingerprint density at radius 1 is 1.03 bits per heavy atom. The van der Waals surface area contributed by atoms with Crippen LogP contribution in [0.2, 0.25) is 0 Å². The van der Waals surface area contributed by atoms with E-state index in [9.17, 15) is 9.59 Å². The number of carbonyl (C=O) groups excluding carboxylic acids is 2. The van der Waals surface area contributed by atoms with Crippen LogP contribution in [-0.2, 0) is 0 Å². The van der Waals surface area contributed by atoms with Gasteiger partial charge in [-0.25, -0.2) is 9.78 Å². The third-order valence-electron chi connectivity index (χ3n) is 5.42. The first kappa shape index (κ1) is 23.0. The minimum absolute atomic E-state index is 0.172. The highest BCUT2D eigenvalue weighted by Crippen LogP contribution is 2.25. The topological polar surface area (TPSA) is 121 Å². The van der Waals surface area contributed by atoms with Gasteiger partial charge in [-0.1, -0.05) is 12.1 Å². The summed E-state index contributed by atoms with van der Waals surface area (Å²) in [5.74, 6) is 0.490. The number of nitrogens with zero attached hydrogens (tertiary/aromatic N) is 3. The summed E-state index contributed by atoms with van der Waals surface area (Å²) in [6.07, 6.45) is 3.33. The Balaban J connectivity index is 1.44. The summed E-state index contributed by atoms with van der Waals surface area (Å²) in [7, 11) is 1.56. The highest BCUT2D eigenvalue weighted by Gasteiger charge is 2.17. The van der Waals surface area contributed by atoms with E-state index in [4.69, 9.17) is 4.74 Å². The number of anilines is 4. The number of aromatic nitrogens is 2. The highest BCUT2D eigenvalue weighted by molar-refractivity contribution is 6.05. The van der Waals surface area contributed by atoms with Crippen LogP contribution in [0, 0.1) is 6.92 Å². The second-order valence-corrected chi connectivity index (χ2v) is 7.75. The molecule has 4 rings (SSSR count). The number of hydrogen-bond acceptors (Lipinski definition) is 7. The molecule has 1 aliphatic heterocycles. The molecule has 0 saturated carbocycles. The molecule has 0 radical (unpaired) electrons. The van der Waals surface area contributed by atoms with Crippen LogP contribution in [0.5, 0.6) is 5.75 Å². The van der Waals surface area contributed by atoms with Gasteiger partial charge in [0.15, 0.2) is 0 Å². The van der Waals surface area contributed by atoms with Gasteiger partial charge in [0.05, 0.1) is 24.7 Å². The standard InChI is InChI=1S/C24H27N7O3/c1-16-6-7-17(34-2)14-19(16)29-24(33)30-22-5-3-4-18(27-22)23(32)28-20-15-26-9-8-21(20)31-12-10-25-11-13-31/h3-9,14-15,25H,10-13H2,1-2H3,(H,28,32)(H2,27,29,30,33). The number of urea groups is 1. The Hall–Kier alpha value is -4.18. The molecular formula is C24H27N7O3. The molecule has 0 spiro atoms. The van der Waals surface area contributed by atoms with E-state index < -0.39 is 11.9 Å². The van der Waals surface area contributed by atoms with Crippen LogP contribution >= 0.6 is 0 Å². The summed E-state index contributed by atoms with van der Waals surface area (Å²) in [4.78, 5) is 36.1. The van der Waals surface area contributed by atoms with Gasteiger partial charge in [-0.3, -0.25) is 15.1 Å². The molecule has 1 aliphatic rings. The number of amides is 3. The minimum atomic E-state index is -0.477. The molecule has 1 aromatic carbocycles. The van der Waals surface area contributed by atoms with Crippen LogP contribution in [0.25, 0.3) is 0 Å². The maximum absolute atomic E-state index is 12.9. The maximum atomic E-state index is 12.9. The predicted octanol–water partition coefficient (Wildman–Crippen LogP) is 3.10. The summed E-state index contributed by atoms with van der Waals surface area (Å²) in [5, 5.41) is 11.7. The number of benzene rings is 1. The van der Waals surface area contributed by atoms with Crippen molar-refractivity contribution in [3.8, 4) is 5.75 Å². The second-order valence-electron chi connectivity index (χ2n) is 7.75. The lowest BCUT2D eigenvalue weighted by Crippen LogP contribution is -2.43. The SMILES string of the molecule is COc1ccc(C)c(NC(=O)Nc2cccc(C(=O)Nc3cnccc3N3CCNCC3)n2)c1. The fourth-order valence-corrected chi connectivity index (χ4v) is 3.61. The first-order chi connectivity index (χ1) is 16.5. The maximum Gasteiger partial charge on any atom is 0.324 e. The summed E-state index contributed by atoms with van der Waals surface area (Å²) in [6.45, 7) is 5.31. The zero-order valence-corrected chi connectivity index (χ0v) is 19.1. The van der Waals surface area contributed by atoms with Crippen molar-refractivity contribution in [2.75, 3.05) is 54.1 Å². The summed E-state index contributed by atoms with van der Waals surface area (Å²) in [6, 6.07) is 11.7. The molecule has 1 fully saturated rings. The van der Waals surface area contributed by atoms with Crippen molar-refractivity contribution in [3.63, 3.8) is 0 Å². The Bertz CT molecular complexity index is 1180. The highest BCUT2D eigenvalue weighted by atomic mass is 16.5. The smallest absolute Gasteiger partial charge is 0.324 e. The molecule has 3 amide bonds. The molecule has 2 aromatic heterocycles. The first-order valence-corrected chi connectivity index (χ1v) is 10.9. The molecule has 0 atom stereocenters. The van der Waals surface area contributed by atoms with E-state index in [0.717, 1.165) is 37.4 Å². The number of pyridine rings is 2. The van der Waals surface area contributed by atoms with Crippen molar-refractivity contribution in [3.05, 3.63) is 66.1 Å². The van der Waals surface area contributed by atoms with E-state index in [2.05, 4.69) is 36.1 Å². The van der Waals surface area contributed by atoms with E-state index in [-0.39, 0.29) is 11.5 Å². The van der Waals surface area contributed by atoms with Crippen molar-refractivity contribution in [2.45, 2.75) is 6.92 Å². The molecule has 0 bridgehead atoms. The monoisotopic (exact) mass is 461 g/mol. The molecule has 10 heteroatoms. The number of carbonyl (C=O) groups is 2. The van der Waals surface area contributed by atoms with Gasteiger partial charge < -0.3 is 25.6 Å². The number of rotatable bonds is 6. The lowest BCUT2D eigenvalue weighted by atomic mass is 10.2. The quantitative estimate of drug-likeness (QED) is 0.445. The molecule has 10 nitrogen and oxygen atoms in total. The fourth-order valence-electron chi connectivity index (χ4n) is 3.61. The Kier molecular flexibility index (Phi) is 7.19. The number of nitrogens with one attached hydrogen (secondary N) is 4. The van der Waals surface area contributed by atoms with Crippen molar-refractivity contribution in [2.24, 2.45) is 0 Å². The summed E-state index contributed by atoms with van der Waals surface area (Å²) >= 11 is 0. The van der Waals surface area contributed by atoms with Crippen molar-refractivity contribution >= 4 is 34.8 Å².